The van der Waals surface area contributed by atoms with Crippen molar-refractivity contribution in [1.29, 1.82) is 0 Å². The van der Waals surface area contributed by atoms with Crippen molar-refractivity contribution in [2.75, 3.05) is 0 Å². The summed E-state index contributed by atoms with van der Waals surface area (Å²) in [5.41, 5.74) is 9.12. The first-order chi connectivity index (χ1) is 8.36. The minimum atomic E-state index is 0.591. The Morgan fingerprint density at radius 2 is 2.24 bits per heavy atom. The molecule has 0 amide bonds. The van der Waals surface area contributed by atoms with Crippen LogP contribution in [0.4, 0.5) is 0 Å². The first-order valence-corrected chi connectivity index (χ1v) is 6.99. The Morgan fingerprint density at radius 3 is 2.94 bits per heavy atom. The second kappa shape index (κ2) is 4.59. The first-order valence-electron chi connectivity index (χ1n) is 6.11. The molecule has 1 aromatic carbocycles. The third-order valence-electron chi connectivity index (χ3n) is 3.43. The Kier molecular flexibility index (Phi) is 2.95. The van der Waals surface area contributed by atoms with Crippen molar-refractivity contribution in [3.63, 3.8) is 0 Å². The molecule has 0 unspecified atom stereocenters. The molecule has 0 spiro atoms. The molecule has 1 aliphatic carbocycles. The van der Waals surface area contributed by atoms with Gasteiger partial charge in [0.05, 0.1) is 10.7 Å². The molecule has 17 heavy (non-hydrogen) atoms. The largest absolute Gasteiger partial charge is 0.326 e. The summed E-state index contributed by atoms with van der Waals surface area (Å²) in [4.78, 5) is 4.76. The number of hydrogen-bond acceptors (Lipinski definition) is 3. The molecule has 1 saturated carbocycles. The van der Waals surface area contributed by atoms with E-state index < -0.39 is 0 Å². The lowest BCUT2D eigenvalue weighted by molar-refractivity contribution is 0.418. The second-order valence-corrected chi connectivity index (χ2v) is 5.49. The van der Waals surface area contributed by atoms with E-state index in [9.17, 15) is 0 Å². The third-order valence-corrected chi connectivity index (χ3v) is 4.44. The quantitative estimate of drug-likeness (QED) is 0.897. The van der Waals surface area contributed by atoms with Gasteiger partial charge in [-0.2, -0.15) is 0 Å². The Hall–Kier alpha value is -1.19. The second-order valence-electron chi connectivity index (χ2n) is 4.60. The van der Waals surface area contributed by atoms with E-state index in [0.717, 1.165) is 11.6 Å². The number of benzene rings is 1. The minimum Gasteiger partial charge on any atom is -0.326 e. The SMILES string of the molecule is NCc1cccc(-c2csc(C3CCC3)n2)c1. The number of nitrogens with zero attached hydrogens (tertiary/aromatic N) is 1. The van der Waals surface area contributed by atoms with Gasteiger partial charge in [0.1, 0.15) is 0 Å². The van der Waals surface area contributed by atoms with Gasteiger partial charge in [-0.15, -0.1) is 11.3 Å². The Balaban J connectivity index is 1.89. The van der Waals surface area contributed by atoms with Crippen molar-refractivity contribution in [2.24, 2.45) is 5.73 Å². The lowest BCUT2D eigenvalue weighted by Gasteiger charge is -2.22. The summed E-state index contributed by atoms with van der Waals surface area (Å²) in [5.74, 6) is 0.728. The molecule has 3 rings (SSSR count). The van der Waals surface area contributed by atoms with Crippen LogP contribution in [0, 0.1) is 0 Å². The smallest absolute Gasteiger partial charge is 0.0963 e. The number of aromatic nitrogens is 1. The van der Waals surface area contributed by atoms with E-state index in [1.54, 1.807) is 11.3 Å². The highest BCUT2D eigenvalue weighted by atomic mass is 32.1. The van der Waals surface area contributed by atoms with Gasteiger partial charge in [-0.25, -0.2) is 4.98 Å². The lowest BCUT2D eigenvalue weighted by Crippen LogP contribution is -2.07. The zero-order valence-corrected chi connectivity index (χ0v) is 10.5. The molecule has 0 bridgehead atoms. The van der Waals surface area contributed by atoms with E-state index in [0.29, 0.717) is 6.54 Å². The van der Waals surface area contributed by atoms with Gasteiger partial charge in [0.25, 0.3) is 0 Å². The van der Waals surface area contributed by atoms with Gasteiger partial charge in [-0.05, 0) is 24.5 Å². The van der Waals surface area contributed by atoms with Gasteiger partial charge in [-0.3, -0.25) is 0 Å². The highest BCUT2D eigenvalue weighted by molar-refractivity contribution is 7.10. The molecule has 3 heteroatoms. The fourth-order valence-corrected chi connectivity index (χ4v) is 3.12. The van der Waals surface area contributed by atoms with E-state index in [4.69, 9.17) is 10.7 Å². The first kappa shape index (κ1) is 10.9. The van der Waals surface area contributed by atoms with Crippen molar-refractivity contribution in [3.8, 4) is 11.3 Å². The summed E-state index contributed by atoms with van der Waals surface area (Å²) in [5, 5.41) is 3.48. The fraction of sp³-hybridized carbons (Fsp3) is 0.357. The van der Waals surface area contributed by atoms with Crippen molar-refractivity contribution in [2.45, 2.75) is 31.7 Å². The molecule has 1 fully saturated rings. The van der Waals surface area contributed by atoms with Gasteiger partial charge in [-0.1, -0.05) is 24.6 Å². The summed E-state index contributed by atoms with van der Waals surface area (Å²) in [6.07, 6.45) is 3.99. The number of hydrogen-bond donors (Lipinski definition) is 1. The Bertz CT molecular complexity index is 514. The van der Waals surface area contributed by atoms with Gasteiger partial charge >= 0.3 is 0 Å². The molecule has 1 heterocycles. The van der Waals surface area contributed by atoms with Crippen LogP contribution >= 0.6 is 11.3 Å². The minimum absolute atomic E-state index is 0.591. The molecule has 0 atom stereocenters. The van der Waals surface area contributed by atoms with E-state index in [1.165, 1.54) is 35.4 Å². The maximum Gasteiger partial charge on any atom is 0.0963 e. The zero-order valence-electron chi connectivity index (χ0n) is 9.73. The standard InChI is InChI=1S/C14H16N2S/c15-8-10-3-1-6-12(7-10)13-9-17-14(16-13)11-4-2-5-11/h1,3,6-7,9,11H,2,4-5,8,15H2. The van der Waals surface area contributed by atoms with Crippen LogP contribution < -0.4 is 5.73 Å². The summed E-state index contributed by atoms with van der Waals surface area (Å²) in [7, 11) is 0. The predicted molar refractivity (Wildman–Crippen MR) is 72.0 cm³/mol. The number of rotatable bonds is 3. The highest BCUT2D eigenvalue weighted by Crippen LogP contribution is 2.39. The van der Waals surface area contributed by atoms with E-state index in [1.807, 2.05) is 0 Å². The molecule has 88 valence electrons. The topological polar surface area (TPSA) is 38.9 Å². The summed E-state index contributed by atoms with van der Waals surface area (Å²) in [6, 6.07) is 8.36. The maximum atomic E-state index is 5.66. The zero-order chi connectivity index (χ0) is 11.7. The van der Waals surface area contributed by atoms with Gasteiger partial charge in [0, 0.05) is 23.4 Å². The summed E-state index contributed by atoms with van der Waals surface area (Å²) in [6.45, 7) is 0.591. The molecular formula is C14H16N2S. The van der Waals surface area contributed by atoms with Crippen molar-refractivity contribution in [1.82, 2.24) is 4.98 Å². The predicted octanol–water partition coefficient (Wildman–Crippen LogP) is 3.54. The number of nitrogens with two attached hydrogens (primary N) is 1. The van der Waals surface area contributed by atoms with Crippen LogP contribution in [-0.2, 0) is 6.54 Å². The van der Waals surface area contributed by atoms with Crippen LogP contribution in [0.2, 0.25) is 0 Å². The van der Waals surface area contributed by atoms with E-state index in [2.05, 4.69) is 29.6 Å². The molecule has 0 radical (unpaired) electrons. The molecule has 1 aliphatic rings. The van der Waals surface area contributed by atoms with Crippen LogP contribution in [0.15, 0.2) is 29.6 Å². The third kappa shape index (κ3) is 2.13. The molecule has 1 aromatic heterocycles. The summed E-state index contributed by atoms with van der Waals surface area (Å²) >= 11 is 1.80. The molecular weight excluding hydrogens is 228 g/mol. The lowest BCUT2D eigenvalue weighted by atomic mass is 9.86. The van der Waals surface area contributed by atoms with Crippen LogP contribution in [0.1, 0.15) is 35.8 Å². The molecule has 2 nitrogen and oxygen atoms in total. The average molecular weight is 244 g/mol. The normalized spacial score (nSPS) is 15.8. The van der Waals surface area contributed by atoms with Crippen LogP contribution in [0.25, 0.3) is 11.3 Å². The van der Waals surface area contributed by atoms with E-state index in [-0.39, 0.29) is 0 Å². The van der Waals surface area contributed by atoms with Crippen molar-refractivity contribution >= 4 is 11.3 Å². The van der Waals surface area contributed by atoms with Crippen molar-refractivity contribution < 1.29 is 0 Å². The van der Waals surface area contributed by atoms with E-state index >= 15 is 0 Å². The fourth-order valence-electron chi connectivity index (χ4n) is 2.12. The monoisotopic (exact) mass is 244 g/mol. The van der Waals surface area contributed by atoms with Crippen molar-refractivity contribution in [3.05, 3.63) is 40.2 Å². The maximum absolute atomic E-state index is 5.66. The van der Waals surface area contributed by atoms with Gasteiger partial charge in [0.2, 0.25) is 0 Å². The number of thiazole rings is 1. The Labute approximate surface area is 106 Å². The molecule has 0 aliphatic heterocycles. The highest BCUT2D eigenvalue weighted by Gasteiger charge is 2.22. The van der Waals surface area contributed by atoms with Gasteiger partial charge < -0.3 is 5.73 Å². The Morgan fingerprint density at radius 1 is 1.35 bits per heavy atom. The van der Waals surface area contributed by atoms with Crippen LogP contribution in [-0.4, -0.2) is 4.98 Å². The van der Waals surface area contributed by atoms with Crippen LogP contribution in [0.5, 0.6) is 0 Å². The molecule has 0 saturated heterocycles. The molecule has 2 N–H and O–H groups in total. The van der Waals surface area contributed by atoms with Gasteiger partial charge in [0.15, 0.2) is 0 Å². The average Bonchev–Trinajstić information content (AvgIpc) is 2.76. The van der Waals surface area contributed by atoms with Crippen LogP contribution in [0.3, 0.4) is 0 Å². The molecule has 2 aromatic rings. The summed E-state index contributed by atoms with van der Waals surface area (Å²) < 4.78 is 0.